The van der Waals surface area contributed by atoms with E-state index in [0.29, 0.717) is 11.3 Å². The Labute approximate surface area is 136 Å². The van der Waals surface area contributed by atoms with Crippen molar-refractivity contribution in [2.45, 2.75) is 13.0 Å². The van der Waals surface area contributed by atoms with Crippen LogP contribution in [0.15, 0.2) is 36.4 Å². The minimum absolute atomic E-state index is 0.0208. The predicted octanol–water partition coefficient (Wildman–Crippen LogP) is 3.02. The highest BCUT2D eigenvalue weighted by Crippen LogP contribution is 2.19. The second-order valence-electron chi connectivity index (χ2n) is 5.07. The van der Waals surface area contributed by atoms with Gasteiger partial charge in [-0.25, -0.2) is 13.2 Å². The fourth-order valence-corrected chi connectivity index (χ4v) is 2.25. The smallest absolute Gasteiger partial charge is 0.279 e. The van der Waals surface area contributed by atoms with E-state index in [1.807, 2.05) is 0 Å². The van der Waals surface area contributed by atoms with Crippen LogP contribution in [0.5, 0.6) is 0 Å². The van der Waals surface area contributed by atoms with Gasteiger partial charge in [0.2, 0.25) is 0 Å². The number of nitrogens with one attached hydrogen (secondary N) is 1. The molecule has 2 aromatic carbocycles. The van der Waals surface area contributed by atoms with Crippen LogP contribution in [0.2, 0.25) is 5.02 Å². The Balaban J connectivity index is 1.91. The monoisotopic (exact) mass is 343 g/mol. The molecule has 3 N–H and O–H groups in total. The topological polar surface area (TPSA) is 45.7 Å². The normalized spacial score (nSPS) is 12.0. The van der Waals surface area contributed by atoms with Crippen molar-refractivity contribution in [2.24, 2.45) is 0 Å². The molecule has 0 unspecified atom stereocenters. The molecule has 0 heterocycles. The first kappa shape index (κ1) is 17.3. The third-order valence-electron chi connectivity index (χ3n) is 3.31. The van der Waals surface area contributed by atoms with Crippen LogP contribution in [0.1, 0.15) is 18.5 Å². The van der Waals surface area contributed by atoms with E-state index in [-0.39, 0.29) is 23.5 Å². The van der Waals surface area contributed by atoms with Crippen LogP contribution in [0, 0.1) is 17.5 Å². The Bertz CT molecular complexity index is 724. The van der Waals surface area contributed by atoms with Gasteiger partial charge in [0, 0.05) is 17.3 Å². The highest BCUT2D eigenvalue weighted by molar-refractivity contribution is 6.31. The first-order valence-corrected chi connectivity index (χ1v) is 7.28. The Morgan fingerprint density at radius 2 is 1.91 bits per heavy atom. The summed E-state index contributed by atoms with van der Waals surface area (Å²) in [7, 11) is 0. The van der Waals surface area contributed by atoms with Gasteiger partial charge in [0.25, 0.3) is 5.91 Å². The van der Waals surface area contributed by atoms with Crippen LogP contribution in [-0.2, 0) is 4.79 Å². The zero-order valence-electron chi connectivity index (χ0n) is 12.2. The number of carbonyl (C=O) groups is 1. The van der Waals surface area contributed by atoms with Crippen LogP contribution in [-0.4, -0.2) is 12.5 Å². The van der Waals surface area contributed by atoms with E-state index in [1.54, 1.807) is 12.2 Å². The lowest BCUT2D eigenvalue weighted by atomic mass is 10.1. The van der Waals surface area contributed by atoms with Crippen LogP contribution in [0.3, 0.4) is 0 Å². The molecule has 122 valence electrons. The minimum atomic E-state index is -0.653. The highest BCUT2D eigenvalue weighted by Gasteiger charge is 2.16. The van der Waals surface area contributed by atoms with Crippen molar-refractivity contribution in [3.63, 3.8) is 0 Å². The molecule has 0 fully saturated rings. The fourth-order valence-electron chi connectivity index (χ4n) is 2.07. The number of anilines is 1. The molecule has 0 bridgehead atoms. The summed E-state index contributed by atoms with van der Waals surface area (Å²) in [5.41, 5.74) is 0.680. The van der Waals surface area contributed by atoms with Crippen LogP contribution < -0.4 is 10.6 Å². The quantitative estimate of drug-likeness (QED) is 0.861. The van der Waals surface area contributed by atoms with E-state index >= 15 is 0 Å². The van der Waals surface area contributed by atoms with Crippen LogP contribution >= 0.6 is 11.6 Å². The fraction of sp³-hybridized carbons (Fsp3) is 0.188. The number of nitrogens with two attached hydrogens (primary N) is 1. The molecule has 2 aromatic rings. The maximum Gasteiger partial charge on any atom is 0.279 e. The molecule has 0 aliphatic rings. The van der Waals surface area contributed by atoms with Crippen molar-refractivity contribution in [1.82, 2.24) is 0 Å². The molecule has 0 saturated heterocycles. The van der Waals surface area contributed by atoms with Gasteiger partial charge in [0.15, 0.2) is 6.54 Å². The number of quaternary nitrogens is 1. The second kappa shape index (κ2) is 7.48. The Hall–Kier alpha value is -2.05. The molecule has 0 aliphatic heterocycles. The summed E-state index contributed by atoms with van der Waals surface area (Å²) < 4.78 is 39.6. The SMILES string of the molecule is C[C@H]([NH2+]CC(=O)Nc1ccc(F)c(Cl)c1)c1ccc(F)cc1F. The van der Waals surface area contributed by atoms with Gasteiger partial charge in [-0.3, -0.25) is 4.79 Å². The van der Waals surface area contributed by atoms with Gasteiger partial charge in [-0.05, 0) is 37.3 Å². The Morgan fingerprint density at radius 3 is 2.57 bits per heavy atom. The van der Waals surface area contributed by atoms with Crippen molar-refractivity contribution in [3.8, 4) is 0 Å². The molecule has 0 aliphatic carbocycles. The number of hydrogen-bond donors (Lipinski definition) is 2. The van der Waals surface area contributed by atoms with E-state index in [1.165, 1.54) is 24.3 Å². The number of benzene rings is 2. The molecular formula is C16H15ClF3N2O+. The molecular weight excluding hydrogens is 329 g/mol. The molecule has 0 aromatic heterocycles. The van der Waals surface area contributed by atoms with Crippen LogP contribution in [0.25, 0.3) is 0 Å². The van der Waals surface area contributed by atoms with E-state index < -0.39 is 17.5 Å². The Morgan fingerprint density at radius 1 is 1.17 bits per heavy atom. The van der Waals surface area contributed by atoms with Crippen LogP contribution in [0.4, 0.5) is 18.9 Å². The van der Waals surface area contributed by atoms with Crippen molar-refractivity contribution < 1.29 is 23.3 Å². The number of rotatable bonds is 5. The van der Waals surface area contributed by atoms with Gasteiger partial charge in [0.05, 0.1) is 5.02 Å². The molecule has 23 heavy (non-hydrogen) atoms. The molecule has 0 spiro atoms. The summed E-state index contributed by atoms with van der Waals surface area (Å²) in [5, 5.41) is 4.08. The average Bonchev–Trinajstić information content (AvgIpc) is 2.48. The lowest BCUT2D eigenvalue weighted by Gasteiger charge is -2.12. The summed E-state index contributed by atoms with van der Waals surface area (Å²) in [6, 6.07) is 6.81. The van der Waals surface area contributed by atoms with Crippen molar-refractivity contribution in [3.05, 3.63) is 64.4 Å². The number of amides is 1. The summed E-state index contributed by atoms with van der Waals surface area (Å²) in [6.07, 6.45) is 0. The molecule has 1 atom stereocenters. The lowest BCUT2D eigenvalue weighted by molar-refractivity contribution is -0.682. The third kappa shape index (κ3) is 4.71. The zero-order chi connectivity index (χ0) is 17.0. The number of hydrogen-bond acceptors (Lipinski definition) is 1. The van der Waals surface area contributed by atoms with Gasteiger partial charge in [-0.1, -0.05) is 11.6 Å². The maximum atomic E-state index is 13.6. The summed E-state index contributed by atoms with van der Waals surface area (Å²) >= 11 is 5.63. The molecule has 0 saturated carbocycles. The van der Waals surface area contributed by atoms with Gasteiger partial charge >= 0.3 is 0 Å². The van der Waals surface area contributed by atoms with Gasteiger partial charge in [0.1, 0.15) is 23.5 Å². The number of halogens is 4. The highest BCUT2D eigenvalue weighted by atomic mass is 35.5. The minimum Gasteiger partial charge on any atom is -0.332 e. The van der Waals surface area contributed by atoms with E-state index in [2.05, 4.69) is 5.32 Å². The molecule has 1 amide bonds. The maximum absolute atomic E-state index is 13.6. The molecule has 3 nitrogen and oxygen atoms in total. The predicted molar refractivity (Wildman–Crippen MR) is 81.6 cm³/mol. The average molecular weight is 344 g/mol. The summed E-state index contributed by atoms with van der Waals surface area (Å²) in [6.45, 7) is 1.73. The third-order valence-corrected chi connectivity index (χ3v) is 3.60. The Kier molecular flexibility index (Phi) is 5.63. The van der Waals surface area contributed by atoms with Gasteiger partial charge < -0.3 is 10.6 Å². The van der Waals surface area contributed by atoms with E-state index in [9.17, 15) is 18.0 Å². The van der Waals surface area contributed by atoms with E-state index in [4.69, 9.17) is 11.6 Å². The van der Waals surface area contributed by atoms with Gasteiger partial charge in [-0.2, -0.15) is 0 Å². The van der Waals surface area contributed by atoms with Gasteiger partial charge in [-0.15, -0.1) is 0 Å². The molecule has 7 heteroatoms. The zero-order valence-corrected chi connectivity index (χ0v) is 13.0. The lowest BCUT2D eigenvalue weighted by Crippen LogP contribution is -2.86. The van der Waals surface area contributed by atoms with Crippen molar-refractivity contribution in [1.29, 1.82) is 0 Å². The second-order valence-corrected chi connectivity index (χ2v) is 5.48. The summed E-state index contributed by atoms with van der Waals surface area (Å²) in [4.78, 5) is 11.9. The molecule has 2 rings (SSSR count). The standard InChI is InChI=1S/C16H14ClF3N2O/c1-9(12-4-2-10(18)6-15(12)20)21-8-16(23)22-11-3-5-14(19)13(17)7-11/h2-7,9,21H,8H2,1H3,(H,22,23)/p+1/t9-/m0/s1. The number of carbonyl (C=O) groups excluding carboxylic acids is 1. The van der Waals surface area contributed by atoms with E-state index in [0.717, 1.165) is 12.1 Å². The molecule has 0 radical (unpaired) electrons. The van der Waals surface area contributed by atoms with Crippen molar-refractivity contribution in [2.75, 3.05) is 11.9 Å². The first-order chi connectivity index (χ1) is 10.9. The summed E-state index contributed by atoms with van der Waals surface area (Å²) in [5.74, 6) is -2.22. The largest absolute Gasteiger partial charge is 0.332 e. The van der Waals surface area contributed by atoms with Crippen molar-refractivity contribution >= 4 is 23.2 Å². The first-order valence-electron chi connectivity index (χ1n) is 6.90.